The van der Waals surface area contributed by atoms with Gasteiger partial charge in [0, 0.05) is 18.5 Å². The Morgan fingerprint density at radius 2 is 2.00 bits per heavy atom. The minimum absolute atomic E-state index is 0.184. The minimum Gasteiger partial charge on any atom is -0.449 e. The number of fused-ring (bicyclic) bond motifs is 3. The predicted molar refractivity (Wildman–Crippen MR) is 87.4 cm³/mol. The number of morpholine rings is 1. The van der Waals surface area contributed by atoms with Crippen LogP contribution in [-0.2, 0) is 11.3 Å². The highest BCUT2D eigenvalue weighted by Gasteiger charge is 2.23. The molecule has 1 aromatic carbocycles. The van der Waals surface area contributed by atoms with Gasteiger partial charge < -0.3 is 14.1 Å². The van der Waals surface area contributed by atoms with Crippen molar-refractivity contribution in [1.29, 1.82) is 0 Å². The maximum atomic E-state index is 12.3. The van der Waals surface area contributed by atoms with E-state index < -0.39 is 0 Å². The Morgan fingerprint density at radius 1 is 1.26 bits per heavy atom. The van der Waals surface area contributed by atoms with E-state index >= 15 is 0 Å². The van der Waals surface area contributed by atoms with Gasteiger partial charge in [0.25, 0.3) is 5.56 Å². The number of hydrogen-bond acceptors (Lipinski definition) is 5. The highest BCUT2D eigenvalue weighted by Crippen LogP contribution is 2.24. The van der Waals surface area contributed by atoms with Gasteiger partial charge in [-0.25, -0.2) is 4.98 Å². The van der Waals surface area contributed by atoms with Crippen LogP contribution in [0.1, 0.15) is 19.7 Å². The van der Waals surface area contributed by atoms with Gasteiger partial charge in [0.15, 0.2) is 0 Å². The number of ether oxygens (including phenoxy) is 1. The Morgan fingerprint density at radius 3 is 2.78 bits per heavy atom. The Hall–Kier alpha value is -2.18. The molecule has 1 N–H and O–H groups in total. The van der Waals surface area contributed by atoms with Crippen LogP contribution in [0.3, 0.4) is 0 Å². The van der Waals surface area contributed by atoms with Crippen molar-refractivity contribution in [3.63, 3.8) is 0 Å². The molecule has 1 aliphatic heterocycles. The first-order valence-corrected chi connectivity index (χ1v) is 7.88. The normalized spacial score (nSPS) is 22.9. The molecule has 0 radical (unpaired) electrons. The highest BCUT2D eigenvalue weighted by atomic mass is 16.5. The number of para-hydroxylation sites is 1. The largest absolute Gasteiger partial charge is 0.449 e. The molecule has 3 heterocycles. The maximum Gasteiger partial charge on any atom is 0.294 e. The number of nitrogens with one attached hydrogen (secondary N) is 1. The Balaban J connectivity index is 1.73. The van der Waals surface area contributed by atoms with E-state index in [1.165, 1.54) is 0 Å². The second-order valence-corrected chi connectivity index (χ2v) is 6.24. The molecule has 3 aromatic rings. The van der Waals surface area contributed by atoms with Crippen LogP contribution < -0.4 is 5.56 Å². The van der Waals surface area contributed by atoms with E-state index in [-0.39, 0.29) is 17.8 Å². The quantitative estimate of drug-likeness (QED) is 0.786. The van der Waals surface area contributed by atoms with Crippen molar-refractivity contribution in [2.24, 2.45) is 0 Å². The summed E-state index contributed by atoms with van der Waals surface area (Å²) in [4.78, 5) is 22.0. The third-order valence-electron chi connectivity index (χ3n) is 4.15. The van der Waals surface area contributed by atoms with Crippen molar-refractivity contribution in [2.45, 2.75) is 32.6 Å². The average Bonchev–Trinajstić information content (AvgIpc) is 2.86. The summed E-state index contributed by atoms with van der Waals surface area (Å²) in [5.41, 5.74) is 1.38. The zero-order valence-corrected chi connectivity index (χ0v) is 13.2. The minimum atomic E-state index is -0.226. The number of H-pyrrole nitrogens is 1. The summed E-state index contributed by atoms with van der Waals surface area (Å²) >= 11 is 0. The van der Waals surface area contributed by atoms with E-state index in [2.05, 4.69) is 28.7 Å². The van der Waals surface area contributed by atoms with E-state index in [1.807, 2.05) is 24.3 Å². The van der Waals surface area contributed by atoms with Gasteiger partial charge in [-0.05, 0) is 26.0 Å². The van der Waals surface area contributed by atoms with E-state index in [1.54, 1.807) is 0 Å². The van der Waals surface area contributed by atoms with Crippen LogP contribution in [0.25, 0.3) is 22.1 Å². The molecule has 6 heteroatoms. The first-order chi connectivity index (χ1) is 11.1. The van der Waals surface area contributed by atoms with Crippen LogP contribution in [0.5, 0.6) is 0 Å². The second-order valence-electron chi connectivity index (χ2n) is 6.24. The molecule has 1 aliphatic rings. The zero-order chi connectivity index (χ0) is 16.0. The monoisotopic (exact) mass is 313 g/mol. The number of rotatable bonds is 2. The molecule has 1 fully saturated rings. The smallest absolute Gasteiger partial charge is 0.294 e. The first-order valence-electron chi connectivity index (χ1n) is 7.88. The Kier molecular flexibility index (Phi) is 3.43. The third kappa shape index (κ3) is 2.64. The van der Waals surface area contributed by atoms with Gasteiger partial charge in [0.2, 0.25) is 5.58 Å². The molecule has 120 valence electrons. The number of aromatic amines is 1. The number of nitrogens with zero attached hydrogens (tertiary/aromatic N) is 2. The summed E-state index contributed by atoms with van der Waals surface area (Å²) in [5, 5.41) is 0.874. The van der Waals surface area contributed by atoms with Gasteiger partial charge in [-0.15, -0.1) is 0 Å². The van der Waals surface area contributed by atoms with Crippen molar-refractivity contribution >= 4 is 22.1 Å². The molecule has 2 atom stereocenters. The molecule has 0 unspecified atom stereocenters. The highest BCUT2D eigenvalue weighted by molar-refractivity contribution is 6.01. The molecule has 0 saturated carbocycles. The molecule has 0 spiro atoms. The molecule has 0 amide bonds. The van der Waals surface area contributed by atoms with Crippen LogP contribution in [0.2, 0.25) is 0 Å². The first kappa shape index (κ1) is 14.4. The fourth-order valence-electron chi connectivity index (χ4n) is 3.35. The van der Waals surface area contributed by atoms with Crippen molar-refractivity contribution in [3.8, 4) is 0 Å². The van der Waals surface area contributed by atoms with Crippen molar-refractivity contribution in [3.05, 3.63) is 40.4 Å². The van der Waals surface area contributed by atoms with Crippen molar-refractivity contribution in [2.75, 3.05) is 13.1 Å². The van der Waals surface area contributed by atoms with Crippen LogP contribution in [-0.4, -0.2) is 40.2 Å². The number of aromatic nitrogens is 2. The van der Waals surface area contributed by atoms with Crippen LogP contribution in [0.4, 0.5) is 0 Å². The lowest BCUT2D eigenvalue weighted by Crippen LogP contribution is -2.45. The van der Waals surface area contributed by atoms with Crippen molar-refractivity contribution < 1.29 is 9.15 Å². The van der Waals surface area contributed by atoms with Gasteiger partial charge in [0.05, 0.1) is 18.8 Å². The number of benzene rings is 1. The molecule has 1 saturated heterocycles. The van der Waals surface area contributed by atoms with Crippen molar-refractivity contribution in [1.82, 2.24) is 14.9 Å². The Bertz CT molecular complexity index is 904. The average molecular weight is 313 g/mol. The van der Waals surface area contributed by atoms with Crippen LogP contribution in [0, 0.1) is 0 Å². The molecule has 4 rings (SSSR count). The van der Waals surface area contributed by atoms with Crippen LogP contribution >= 0.6 is 0 Å². The summed E-state index contributed by atoms with van der Waals surface area (Å²) in [6.45, 7) is 6.39. The molecule has 0 bridgehead atoms. The van der Waals surface area contributed by atoms with Gasteiger partial charge >= 0.3 is 0 Å². The summed E-state index contributed by atoms with van der Waals surface area (Å²) in [6, 6.07) is 7.58. The number of hydrogen-bond donors (Lipinski definition) is 1. The fraction of sp³-hybridized carbons (Fsp3) is 0.412. The molecule has 6 nitrogen and oxygen atoms in total. The summed E-state index contributed by atoms with van der Waals surface area (Å²) < 4.78 is 11.4. The van der Waals surface area contributed by atoms with E-state index in [0.717, 1.165) is 18.5 Å². The molecule has 23 heavy (non-hydrogen) atoms. The lowest BCUT2D eigenvalue weighted by Gasteiger charge is -2.34. The van der Waals surface area contributed by atoms with Crippen LogP contribution in [0.15, 0.2) is 33.5 Å². The lowest BCUT2D eigenvalue weighted by atomic mass is 10.2. The van der Waals surface area contributed by atoms with E-state index in [0.29, 0.717) is 29.1 Å². The molecule has 2 aromatic heterocycles. The van der Waals surface area contributed by atoms with E-state index in [9.17, 15) is 4.79 Å². The second kappa shape index (κ2) is 5.47. The molecule has 0 aliphatic carbocycles. The maximum absolute atomic E-state index is 12.3. The summed E-state index contributed by atoms with van der Waals surface area (Å²) in [5.74, 6) is 0.662. The fourth-order valence-corrected chi connectivity index (χ4v) is 3.35. The third-order valence-corrected chi connectivity index (χ3v) is 4.15. The van der Waals surface area contributed by atoms with Gasteiger partial charge in [-0.3, -0.25) is 9.69 Å². The SMILES string of the molecule is C[C@@H]1CN(Cc2nc3c(oc4ccccc43)c(=O)[nH]2)C[C@@H](C)O1. The number of furan rings is 1. The summed E-state index contributed by atoms with van der Waals surface area (Å²) in [6.07, 6.45) is 0.368. The Labute approximate surface area is 133 Å². The van der Waals surface area contributed by atoms with Gasteiger partial charge in [-0.2, -0.15) is 0 Å². The molecular weight excluding hydrogens is 294 g/mol. The van der Waals surface area contributed by atoms with Gasteiger partial charge in [0.1, 0.15) is 16.9 Å². The lowest BCUT2D eigenvalue weighted by molar-refractivity contribution is -0.0710. The standard InChI is InChI=1S/C17H19N3O3/c1-10-7-20(8-11(2)22-10)9-14-18-15-12-5-3-4-6-13(12)23-16(15)17(21)19-14/h3-6,10-11H,7-9H2,1-2H3,(H,18,19,21)/t10-,11-/m1/s1. The zero-order valence-electron chi connectivity index (χ0n) is 13.2. The van der Waals surface area contributed by atoms with Gasteiger partial charge in [-0.1, -0.05) is 12.1 Å². The topological polar surface area (TPSA) is 71.4 Å². The predicted octanol–water partition coefficient (Wildman–Crippen LogP) is 2.28. The summed E-state index contributed by atoms with van der Waals surface area (Å²) in [7, 11) is 0. The van der Waals surface area contributed by atoms with E-state index in [4.69, 9.17) is 9.15 Å². The molecular formula is C17H19N3O3.